The number of aromatic nitrogens is 1. The highest BCUT2D eigenvalue weighted by molar-refractivity contribution is 5.96. The molecule has 2 amide bonds. The normalized spacial score (nSPS) is 18.3. The van der Waals surface area contributed by atoms with Gasteiger partial charge < -0.3 is 4.90 Å². The smallest absolute Gasteiger partial charge is 0.332 e. The van der Waals surface area contributed by atoms with Crippen molar-refractivity contribution in [3.8, 4) is 0 Å². The van der Waals surface area contributed by atoms with Gasteiger partial charge in [-0.15, -0.1) is 0 Å². The number of nitrogens with zero attached hydrogens (tertiary/aromatic N) is 3. The zero-order chi connectivity index (χ0) is 20.8. The van der Waals surface area contributed by atoms with Gasteiger partial charge in [0.05, 0.1) is 37.3 Å². The molecule has 9 heteroatoms. The van der Waals surface area contributed by atoms with Gasteiger partial charge in [0.1, 0.15) is 11.3 Å². The van der Waals surface area contributed by atoms with Gasteiger partial charge in [0.15, 0.2) is 0 Å². The topological polar surface area (TPSA) is 62.7 Å². The lowest BCUT2D eigenvalue weighted by molar-refractivity contribution is -0.233. The predicted molar refractivity (Wildman–Crippen MR) is 95.3 cm³/mol. The van der Waals surface area contributed by atoms with Gasteiger partial charge >= 0.3 is 6.18 Å². The molecule has 2 aliphatic heterocycles. The number of likely N-dealkylation sites (tertiary alicyclic amines) is 1. The van der Waals surface area contributed by atoms with Crippen LogP contribution in [0.25, 0.3) is 0 Å². The largest absolute Gasteiger partial charge is 0.433 e. The number of hydrogen-bond acceptors (Lipinski definition) is 4. The van der Waals surface area contributed by atoms with Crippen molar-refractivity contribution in [2.24, 2.45) is 0 Å². The Labute approximate surface area is 164 Å². The van der Waals surface area contributed by atoms with E-state index in [0.29, 0.717) is 6.54 Å². The Kier molecular flexibility index (Phi) is 4.57. The number of aryl methyl sites for hydroxylation is 1. The molecule has 0 bridgehead atoms. The van der Waals surface area contributed by atoms with Gasteiger partial charge in [0.25, 0.3) is 5.91 Å². The minimum absolute atomic E-state index is 0.0138. The highest BCUT2D eigenvalue weighted by atomic mass is 19.4. The second-order valence-corrected chi connectivity index (χ2v) is 7.36. The maximum Gasteiger partial charge on any atom is 0.433 e. The summed E-state index contributed by atoms with van der Waals surface area (Å²) in [5.74, 6) is -0.583. The van der Waals surface area contributed by atoms with Gasteiger partial charge in [-0.3, -0.25) is 14.4 Å². The molecule has 0 N–H and O–H groups in total. The molecule has 1 aromatic heterocycles. The summed E-state index contributed by atoms with van der Waals surface area (Å²) in [6, 6.07) is 11.3. The summed E-state index contributed by atoms with van der Waals surface area (Å²) in [6.45, 7) is 2.08. The standard InChI is InChI=1S/C20H18F3N3O3/c1-13-15(7-8-16(24-13)20(21,22)23)18(28)25-11-19(12-25)9-17(27)26(29-19)10-14-5-3-2-4-6-14/h2-8H,9-12H2,1H3. The highest BCUT2D eigenvalue weighted by Crippen LogP contribution is 2.37. The van der Waals surface area contributed by atoms with Crippen LogP contribution in [-0.4, -0.2) is 45.5 Å². The monoisotopic (exact) mass is 405 g/mol. The van der Waals surface area contributed by atoms with Crippen molar-refractivity contribution in [1.29, 1.82) is 0 Å². The molecular formula is C20H18F3N3O3. The summed E-state index contributed by atoms with van der Waals surface area (Å²) >= 11 is 0. The van der Waals surface area contributed by atoms with Crippen molar-refractivity contribution < 1.29 is 27.6 Å². The van der Waals surface area contributed by atoms with Crippen molar-refractivity contribution in [1.82, 2.24) is 14.9 Å². The molecule has 152 valence electrons. The fraction of sp³-hybridized carbons (Fsp3) is 0.350. The number of rotatable bonds is 3. The quantitative estimate of drug-likeness (QED) is 0.788. The van der Waals surface area contributed by atoms with Crippen LogP contribution in [0.3, 0.4) is 0 Å². The third kappa shape index (κ3) is 3.69. The van der Waals surface area contributed by atoms with E-state index in [9.17, 15) is 22.8 Å². The highest BCUT2D eigenvalue weighted by Gasteiger charge is 2.55. The molecule has 6 nitrogen and oxygen atoms in total. The molecular weight excluding hydrogens is 387 g/mol. The first-order valence-electron chi connectivity index (χ1n) is 9.04. The van der Waals surface area contributed by atoms with E-state index in [-0.39, 0.29) is 36.7 Å². The van der Waals surface area contributed by atoms with Crippen LogP contribution in [0.1, 0.15) is 33.7 Å². The van der Waals surface area contributed by atoms with Gasteiger partial charge in [-0.1, -0.05) is 30.3 Å². The van der Waals surface area contributed by atoms with Gasteiger partial charge in [0.2, 0.25) is 5.91 Å². The van der Waals surface area contributed by atoms with E-state index in [0.717, 1.165) is 17.7 Å². The van der Waals surface area contributed by atoms with Crippen LogP contribution >= 0.6 is 0 Å². The number of pyridine rings is 1. The molecule has 2 aromatic rings. The fourth-order valence-electron chi connectivity index (χ4n) is 3.63. The number of amides is 2. The van der Waals surface area contributed by atoms with Crippen molar-refractivity contribution in [3.05, 3.63) is 65.0 Å². The van der Waals surface area contributed by atoms with E-state index in [2.05, 4.69) is 4.98 Å². The molecule has 0 saturated carbocycles. The van der Waals surface area contributed by atoms with E-state index in [4.69, 9.17) is 4.84 Å². The van der Waals surface area contributed by atoms with Gasteiger partial charge in [-0.25, -0.2) is 10.0 Å². The Morgan fingerprint density at radius 3 is 2.48 bits per heavy atom. The molecule has 4 rings (SSSR count). The summed E-state index contributed by atoms with van der Waals surface area (Å²) in [5.41, 5.74) is -0.753. The van der Waals surface area contributed by atoms with Crippen LogP contribution < -0.4 is 0 Å². The SMILES string of the molecule is Cc1nc(C(F)(F)F)ccc1C(=O)N1CC2(CC(=O)N(Cc3ccccc3)O2)C1. The number of benzene rings is 1. The lowest BCUT2D eigenvalue weighted by atomic mass is 9.90. The minimum atomic E-state index is -4.56. The maximum atomic E-state index is 12.8. The Balaban J connectivity index is 1.41. The Bertz CT molecular complexity index is 956. The molecule has 1 spiro atoms. The first-order chi connectivity index (χ1) is 13.7. The summed E-state index contributed by atoms with van der Waals surface area (Å²) < 4.78 is 38.3. The summed E-state index contributed by atoms with van der Waals surface area (Å²) in [7, 11) is 0. The van der Waals surface area contributed by atoms with Crippen LogP contribution in [0, 0.1) is 6.92 Å². The van der Waals surface area contributed by atoms with E-state index in [1.165, 1.54) is 16.9 Å². The van der Waals surface area contributed by atoms with Crippen LogP contribution in [0.4, 0.5) is 13.2 Å². The maximum absolute atomic E-state index is 12.8. The molecule has 2 fully saturated rings. The second kappa shape index (κ2) is 6.84. The molecule has 2 saturated heterocycles. The molecule has 1 aromatic carbocycles. The Morgan fingerprint density at radius 1 is 1.17 bits per heavy atom. The van der Waals surface area contributed by atoms with Crippen LogP contribution in [0.5, 0.6) is 0 Å². The van der Waals surface area contributed by atoms with Crippen molar-refractivity contribution in [2.45, 2.75) is 31.7 Å². The first-order valence-corrected chi connectivity index (χ1v) is 9.04. The van der Waals surface area contributed by atoms with Crippen molar-refractivity contribution in [2.75, 3.05) is 13.1 Å². The number of alkyl halides is 3. The number of hydrogen-bond donors (Lipinski definition) is 0. The number of halogens is 3. The molecule has 3 heterocycles. The third-order valence-electron chi connectivity index (χ3n) is 5.08. The average molecular weight is 405 g/mol. The lowest BCUT2D eigenvalue weighted by Crippen LogP contribution is -2.63. The van der Waals surface area contributed by atoms with E-state index in [1.54, 1.807) is 0 Å². The van der Waals surface area contributed by atoms with E-state index >= 15 is 0 Å². The molecule has 29 heavy (non-hydrogen) atoms. The third-order valence-corrected chi connectivity index (χ3v) is 5.08. The molecule has 2 aliphatic rings. The zero-order valence-corrected chi connectivity index (χ0v) is 15.6. The number of carbonyl (C=O) groups is 2. The van der Waals surface area contributed by atoms with Gasteiger partial charge in [-0.2, -0.15) is 13.2 Å². The lowest BCUT2D eigenvalue weighted by Gasteiger charge is -2.45. The van der Waals surface area contributed by atoms with Gasteiger partial charge in [0, 0.05) is 0 Å². The average Bonchev–Trinajstić information content (AvgIpc) is 2.97. The van der Waals surface area contributed by atoms with E-state index < -0.39 is 23.4 Å². The number of carbonyl (C=O) groups excluding carboxylic acids is 2. The zero-order valence-electron chi connectivity index (χ0n) is 15.6. The number of hydroxylamine groups is 2. The van der Waals surface area contributed by atoms with Crippen LogP contribution in [0.15, 0.2) is 42.5 Å². The summed E-state index contributed by atoms with van der Waals surface area (Å²) in [5, 5.41) is 1.31. The second-order valence-electron chi connectivity index (χ2n) is 7.36. The van der Waals surface area contributed by atoms with Crippen molar-refractivity contribution in [3.63, 3.8) is 0 Å². The molecule has 0 radical (unpaired) electrons. The predicted octanol–water partition coefficient (Wildman–Crippen LogP) is 2.97. The first kappa shape index (κ1) is 19.4. The van der Waals surface area contributed by atoms with Gasteiger partial charge in [-0.05, 0) is 24.6 Å². The summed E-state index contributed by atoms with van der Waals surface area (Å²) in [6.07, 6.45) is -4.40. The Morgan fingerprint density at radius 2 is 1.86 bits per heavy atom. The molecule has 0 unspecified atom stereocenters. The van der Waals surface area contributed by atoms with Crippen LogP contribution in [-0.2, 0) is 22.4 Å². The van der Waals surface area contributed by atoms with E-state index in [1.807, 2.05) is 30.3 Å². The summed E-state index contributed by atoms with van der Waals surface area (Å²) in [4.78, 5) is 35.7. The fourth-order valence-corrected chi connectivity index (χ4v) is 3.63. The molecule has 0 aliphatic carbocycles. The Hall–Kier alpha value is -2.94. The molecule has 0 atom stereocenters. The van der Waals surface area contributed by atoms with Crippen molar-refractivity contribution >= 4 is 11.8 Å². The minimum Gasteiger partial charge on any atom is -0.332 e. The van der Waals surface area contributed by atoms with Crippen LogP contribution in [0.2, 0.25) is 0 Å².